The van der Waals surface area contributed by atoms with Gasteiger partial charge < -0.3 is 5.11 Å². The van der Waals surface area contributed by atoms with E-state index in [1.807, 2.05) is 0 Å². The van der Waals surface area contributed by atoms with Crippen LogP contribution in [0, 0.1) is 17.5 Å². The van der Waals surface area contributed by atoms with E-state index in [2.05, 4.69) is 25.5 Å². The zero-order chi connectivity index (χ0) is 18.0. The molecule has 0 unspecified atom stereocenters. The van der Waals surface area contributed by atoms with E-state index in [-0.39, 0.29) is 17.8 Å². The topological polar surface area (TPSA) is 89.6 Å². The third-order valence-electron chi connectivity index (χ3n) is 4.01. The maximum atomic E-state index is 14.4. The molecule has 7 nitrogen and oxygen atoms in total. The predicted octanol–water partition coefficient (Wildman–Crippen LogP) is 1.57. The molecule has 1 N–H and O–H groups in total. The van der Waals surface area contributed by atoms with E-state index >= 15 is 0 Å². The zero-order valence-electron chi connectivity index (χ0n) is 13.0. The van der Waals surface area contributed by atoms with Crippen LogP contribution in [0.25, 0.3) is 0 Å². The zero-order valence-corrected chi connectivity index (χ0v) is 13.0. The average Bonchev–Trinajstić information content (AvgIpc) is 3.07. The molecule has 0 saturated heterocycles. The van der Waals surface area contributed by atoms with Crippen molar-refractivity contribution in [2.45, 2.75) is 25.0 Å². The van der Waals surface area contributed by atoms with Gasteiger partial charge in [0, 0.05) is 17.5 Å². The average molecular weight is 350 g/mol. The highest BCUT2D eigenvalue weighted by Gasteiger charge is 2.41. The second-order valence-corrected chi connectivity index (χ2v) is 5.53. The molecule has 2 aromatic heterocycles. The first-order valence-corrected chi connectivity index (χ1v) is 7.26. The lowest BCUT2D eigenvalue weighted by atomic mass is 9.79. The summed E-state index contributed by atoms with van der Waals surface area (Å²) in [6.45, 7) is 1.17. The molecule has 1 aromatic carbocycles. The number of benzene rings is 1. The highest BCUT2D eigenvalue weighted by molar-refractivity contribution is 5.30. The Morgan fingerprint density at radius 1 is 1.24 bits per heavy atom. The van der Waals surface area contributed by atoms with Gasteiger partial charge in [0.15, 0.2) is 5.82 Å². The van der Waals surface area contributed by atoms with Crippen LogP contribution in [0.5, 0.6) is 0 Å². The van der Waals surface area contributed by atoms with E-state index in [0.29, 0.717) is 6.07 Å². The van der Waals surface area contributed by atoms with Crippen LogP contribution in [0.3, 0.4) is 0 Å². The van der Waals surface area contributed by atoms with Crippen LogP contribution in [0.15, 0.2) is 37.1 Å². The number of hydrogen-bond acceptors (Lipinski definition) is 6. The number of aliphatic hydroxyl groups is 1. The van der Waals surface area contributed by atoms with Gasteiger partial charge in [-0.3, -0.25) is 0 Å². The maximum Gasteiger partial charge on any atom is 0.163 e. The summed E-state index contributed by atoms with van der Waals surface area (Å²) < 4.78 is 42.9. The molecule has 0 aliphatic carbocycles. The van der Waals surface area contributed by atoms with E-state index in [9.17, 15) is 18.3 Å². The van der Waals surface area contributed by atoms with E-state index in [4.69, 9.17) is 0 Å². The molecule has 0 fully saturated rings. The van der Waals surface area contributed by atoms with Gasteiger partial charge in [-0.1, -0.05) is 13.0 Å². The standard InChI is InChI=1S/C15H13F3N6O/c1-9(14-13(18)5-19-7-20-14)15(25,6-24-8-21-22-23-24)11-3-2-10(16)4-12(11)17/h2-5,7-9,25H,6H2,1H3/t9-,15+/m0/s1. The van der Waals surface area contributed by atoms with Crippen molar-refractivity contribution in [3.05, 3.63) is 65.8 Å². The molecule has 0 saturated carbocycles. The van der Waals surface area contributed by atoms with Crippen LogP contribution >= 0.6 is 0 Å². The number of hydrogen-bond donors (Lipinski definition) is 1. The van der Waals surface area contributed by atoms with Crippen molar-refractivity contribution in [3.8, 4) is 0 Å². The summed E-state index contributed by atoms with van der Waals surface area (Å²) in [5.41, 5.74) is -2.34. The van der Waals surface area contributed by atoms with Gasteiger partial charge in [0.1, 0.15) is 29.9 Å². The van der Waals surface area contributed by atoms with Gasteiger partial charge in [-0.2, -0.15) is 0 Å². The fourth-order valence-electron chi connectivity index (χ4n) is 2.66. The minimum absolute atomic E-state index is 0.116. The minimum Gasteiger partial charge on any atom is -0.382 e. The minimum atomic E-state index is -2.00. The molecular weight excluding hydrogens is 337 g/mol. The van der Waals surface area contributed by atoms with Crippen molar-refractivity contribution in [1.29, 1.82) is 0 Å². The molecule has 0 radical (unpaired) electrons. The number of tetrazole rings is 1. The van der Waals surface area contributed by atoms with E-state index in [1.165, 1.54) is 17.9 Å². The summed E-state index contributed by atoms with van der Waals surface area (Å²) >= 11 is 0. The van der Waals surface area contributed by atoms with Gasteiger partial charge >= 0.3 is 0 Å². The Labute approximate surface area is 140 Å². The summed E-state index contributed by atoms with van der Waals surface area (Å²) in [6.07, 6.45) is 3.28. The highest BCUT2D eigenvalue weighted by Crippen LogP contribution is 2.39. The smallest absolute Gasteiger partial charge is 0.163 e. The maximum absolute atomic E-state index is 14.4. The Hall–Kier alpha value is -2.88. The fraction of sp³-hybridized carbons (Fsp3) is 0.267. The first-order valence-electron chi connectivity index (χ1n) is 7.26. The van der Waals surface area contributed by atoms with Gasteiger partial charge in [0.2, 0.25) is 0 Å². The van der Waals surface area contributed by atoms with Crippen molar-refractivity contribution < 1.29 is 18.3 Å². The van der Waals surface area contributed by atoms with Gasteiger partial charge in [-0.05, 0) is 16.5 Å². The summed E-state index contributed by atoms with van der Waals surface area (Å²) in [5.74, 6) is -3.55. The van der Waals surface area contributed by atoms with Crippen LogP contribution in [0.2, 0.25) is 0 Å². The van der Waals surface area contributed by atoms with Gasteiger partial charge in [-0.15, -0.1) is 5.10 Å². The molecular formula is C15H13F3N6O. The Kier molecular flexibility index (Phi) is 4.45. The third kappa shape index (κ3) is 3.20. The lowest BCUT2D eigenvalue weighted by Gasteiger charge is -2.34. The Bertz CT molecular complexity index is 875. The van der Waals surface area contributed by atoms with Crippen molar-refractivity contribution in [3.63, 3.8) is 0 Å². The Morgan fingerprint density at radius 2 is 2.04 bits per heavy atom. The number of rotatable bonds is 5. The molecule has 0 spiro atoms. The van der Waals surface area contributed by atoms with Gasteiger partial charge in [0.25, 0.3) is 0 Å². The summed E-state index contributed by atoms with van der Waals surface area (Å²) in [5, 5.41) is 21.8. The van der Waals surface area contributed by atoms with Crippen LogP contribution in [-0.2, 0) is 12.1 Å². The van der Waals surface area contributed by atoms with Gasteiger partial charge in [0.05, 0.1) is 18.4 Å². The second kappa shape index (κ2) is 6.55. The lowest BCUT2D eigenvalue weighted by Crippen LogP contribution is -2.39. The third-order valence-corrected chi connectivity index (χ3v) is 4.01. The normalized spacial score (nSPS) is 14.9. The quantitative estimate of drug-likeness (QED) is 0.751. The molecule has 10 heteroatoms. The van der Waals surface area contributed by atoms with E-state index < -0.39 is 29.0 Å². The Morgan fingerprint density at radius 3 is 2.68 bits per heavy atom. The first kappa shape index (κ1) is 17.0. The second-order valence-electron chi connectivity index (χ2n) is 5.53. The van der Waals surface area contributed by atoms with Crippen molar-refractivity contribution in [2.24, 2.45) is 0 Å². The van der Waals surface area contributed by atoms with Crippen molar-refractivity contribution in [1.82, 2.24) is 30.2 Å². The molecule has 130 valence electrons. The van der Waals surface area contributed by atoms with Gasteiger partial charge in [-0.25, -0.2) is 27.8 Å². The molecule has 2 atom stereocenters. The van der Waals surface area contributed by atoms with Crippen LogP contribution < -0.4 is 0 Å². The molecule has 0 bridgehead atoms. The van der Waals surface area contributed by atoms with Crippen molar-refractivity contribution in [2.75, 3.05) is 0 Å². The van der Waals surface area contributed by atoms with E-state index in [1.54, 1.807) is 0 Å². The van der Waals surface area contributed by atoms with Crippen LogP contribution in [0.4, 0.5) is 13.2 Å². The molecule has 0 aliphatic rings. The molecule has 3 aromatic rings. The van der Waals surface area contributed by atoms with Crippen LogP contribution in [-0.4, -0.2) is 35.3 Å². The fourth-order valence-corrected chi connectivity index (χ4v) is 2.66. The number of aromatic nitrogens is 6. The Balaban J connectivity index is 2.13. The lowest BCUT2D eigenvalue weighted by molar-refractivity contribution is -0.0137. The highest BCUT2D eigenvalue weighted by atomic mass is 19.1. The molecule has 25 heavy (non-hydrogen) atoms. The van der Waals surface area contributed by atoms with Crippen LogP contribution in [0.1, 0.15) is 24.1 Å². The molecule has 0 amide bonds. The molecule has 2 heterocycles. The van der Waals surface area contributed by atoms with E-state index in [0.717, 1.165) is 24.7 Å². The summed E-state index contributed by atoms with van der Waals surface area (Å²) in [6, 6.07) is 2.75. The molecule has 3 rings (SSSR count). The molecule has 0 aliphatic heterocycles. The SMILES string of the molecule is C[C@@H](c1ncncc1F)[C@](O)(Cn1cnnn1)c1ccc(F)cc1F. The summed E-state index contributed by atoms with van der Waals surface area (Å²) in [7, 11) is 0. The monoisotopic (exact) mass is 350 g/mol. The number of nitrogens with zero attached hydrogens (tertiary/aromatic N) is 6. The first-order chi connectivity index (χ1) is 11.9. The summed E-state index contributed by atoms with van der Waals surface area (Å²) in [4.78, 5) is 7.40. The number of halogens is 3. The largest absolute Gasteiger partial charge is 0.382 e. The van der Waals surface area contributed by atoms with Crippen molar-refractivity contribution >= 4 is 0 Å². The predicted molar refractivity (Wildman–Crippen MR) is 78.5 cm³/mol.